The lowest BCUT2D eigenvalue weighted by atomic mass is 10.1. The van der Waals surface area contributed by atoms with Crippen LogP contribution in [0.15, 0.2) is 58.9 Å². The van der Waals surface area contributed by atoms with E-state index in [4.69, 9.17) is 4.42 Å². The smallest absolute Gasteiger partial charge is 0.335 e. The van der Waals surface area contributed by atoms with Crippen molar-refractivity contribution in [2.45, 2.75) is 0 Å². The van der Waals surface area contributed by atoms with Crippen molar-refractivity contribution in [1.29, 1.82) is 0 Å². The summed E-state index contributed by atoms with van der Waals surface area (Å²) in [5.74, 6) is -1.39. The van der Waals surface area contributed by atoms with E-state index in [0.29, 0.717) is 11.3 Å². The van der Waals surface area contributed by atoms with Crippen LogP contribution in [-0.4, -0.2) is 17.8 Å². The Kier molecular flexibility index (Phi) is 3.12. The van der Waals surface area contributed by atoms with Crippen molar-refractivity contribution in [3.05, 3.63) is 60.1 Å². The number of nitrogens with one attached hydrogen (secondary N) is 1. The van der Waals surface area contributed by atoms with Gasteiger partial charge < -0.3 is 4.42 Å². The summed E-state index contributed by atoms with van der Waals surface area (Å²) in [6.45, 7) is 0. The van der Waals surface area contributed by atoms with Gasteiger partial charge in [0, 0.05) is 5.56 Å². The molecule has 104 valence electrons. The molecule has 2 heterocycles. The Labute approximate surface area is 119 Å². The average molecular weight is 282 g/mol. The highest BCUT2D eigenvalue weighted by Crippen LogP contribution is 2.21. The number of nitrogens with zero attached hydrogens (tertiary/aromatic N) is 1. The number of para-hydroxylation sites is 1. The van der Waals surface area contributed by atoms with Crippen LogP contribution in [0, 0.1) is 0 Å². The summed E-state index contributed by atoms with van der Waals surface area (Å²) in [5, 5.41) is 2.15. The number of amides is 4. The number of anilines is 1. The standard InChI is InChI=1S/C15H10N2O4/c18-13-12(8-10-6-7-21-9-10)14(19)17(15(20)16-13)11-4-2-1-3-5-11/h1-9H,(H,16,18,20)/b12-8+. The van der Waals surface area contributed by atoms with Crippen LogP contribution >= 0.6 is 0 Å². The summed E-state index contributed by atoms with van der Waals surface area (Å²) in [6, 6.07) is 9.24. The second-order valence-electron chi connectivity index (χ2n) is 4.35. The summed E-state index contributed by atoms with van der Waals surface area (Å²) in [4.78, 5) is 37.1. The van der Waals surface area contributed by atoms with E-state index in [0.717, 1.165) is 4.90 Å². The van der Waals surface area contributed by atoms with Crippen LogP contribution in [0.25, 0.3) is 6.08 Å². The van der Waals surface area contributed by atoms with Gasteiger partial charge in [0.25, 0.3) is 11.8 Å². The first-order valence-corrected chi connectivity index (χ1v) is 6.15. The first-order chi connectivity index (χ1) is 10.2. The number of urea groups is 1. The molecule has 4 amide bonds. The Morgan fingerprint density at radius 1 is 1.05 bits per heavy atom. The molecule has 1 fully saturated rings. The summed E-state index contributed by atoms with van der Waals surface area (Å²) < 4.78 is 4.89. The van der Waals surface area contributed by atoms with Crippen LogP contribution in [0.5, 0.6) is 0 Å². The van der Waals surface area contributed by atoms with Gasteiger partial charge in [0.1, 0.15) is 5.57 Å². The van der Waals surface area contributed by atoms with Crippen LogP contribution < -0.4 is 10.2 Å². The number of hydrogen-bond donors (Lipinski definition) is 1. The lowest BCUT2D eigenvalue weighted by Crippen LogP contribution is -2.54. The summed E-state index contributed by atoms with van der Waals surface area (Å²) in [7, 11) is 0. The van der Waals surface area contributed by atoms with E-state index < -0.39 is 17.8 Å². The molecule has 0 atom stereocenters. The van der Waals surface area contributed by atoms with Crippen LogP contribution in [-0.2, 0) is 9.59 Å². The largest absolute Gasteiger partial charge is 0.472 e. The van der Waals surface area contributed by atoms with Crippen LogP contribution in [0.2, 0.25) is 0 Å². The Hall–Kier alpha value is -3.15. The summed E-state index contributed by atoms with van der Waals surface area (Å²) >= 11 is 0. The molecule has 0 unspecified atom stereocenters. The van der Waals surface area contributed by atoms with Gasteiger partial charge in [-0.15, -0.1) is 0 Å². The van der Waals surface area contributed by atoms with E-state index in [1.807, 2.05) is 0 Å². The Morgan fingerprint density at radius 2 is 1.81 bits per heavy atom. The highest BCUT2D eigenvalue weighted by atomic mass is 16.3. The predicted molar refractivity (Wildman–Crippen MR) is 74.2 cm³/mol. The second-order valence-corrected chi connectivity index (χ2v) is 4.35. The molecular formula is C15H10N2O4. The highest BCUT2D eigenvalue weighted by Gasteiger charge is 2.36. The topological polar surface area (TPSA) is 79.6 Å². The highest BCUT2D eigenvalue weighted by molar-refractivity contribution is 6.39. The molecule has 0 spiro atoms. The molecule has 1 aliphatic rings. The second kappa shape index (κ2) is 5.09. The van der Waals surface area contributed by atoms with Crippen LogP contribution in [0.3, 0.4) is 0 Å². The normalized spacial score (nSPS) is 17.2. The number of carbonyl (C=O) groups is 3. The maximum atomic E-state index is 12.4. The van der Waals surface area contributed by atoms with Gasteiger partial charge in [-0.05, 0) is 24.3 Å². The quantitative estimate of drug-likeness (QED) is 0.674. The third-order valence-corrected chi connectivity index (χ3v) is 2.97. The third kappa shape index (κ3) is 2.34. The van der Waals surface area contributed by atoms with Crippen LogP contribution in [0.1, 0.15) is 5.56 Å². The molecule has 3 rings (SSSR count). The SMILES string of the molecule is O=C1NC(=O)N(c2ccccc2)C(=O)/C1=C/c1ccoc1. The van der Waals surface area contributed by atoms with E-state index >= 15 is 0 Å². The molecular weight excluding hydrogens is 272 g/mol. The summed E-state index contributed by atoms with van der Waals surface area (Å²) in [5.41, 5.74) is 0.835. The monoisotopic (exact) mass is 282 g/mol. The molecule has 6 nitrogen and oxygen atoms in total. The molecule has 1 aromatic carbocycles. The molecule has 1 aliphatic heterocycles. The number of hydrogen-bond acceptors (Lipinski definition) is 4. The fourth-order valence-corrected chi connectivity index (χ4v) is 1.99. The lowest BCUT2D eigenvalue weighted by Gasteiger charge is -2.26. The molecule has 1 N–H and O–H groups in total. The first kappa shape index (κ1) is 12.9. The number of rotatable bonds is 2. The predicted octanol–water partition coefficient (Wildman–Crippen LogP) is 1.95. The van der Waals surface area contributed by atoms with Crippen molar-refractivity contribution in [3.8, 4) is 0 Å². The maximum Gasteiger partial charge on any atom is 0.335 e. The van der Waals surface area contributed by atoms with Gasteiger partial charge >= 0.3 is 6.03 Å². The van der Waals surface area contributed by atoms with Crippen molar-refractivity contribution in [3.63, 3.8) is 0 Å². The lowest BCUT2D eigenvalue weighted by molar-refractivity contribution is -0.122. The molecule has 0 radical (unpaired) electrons. The first-order valence-electron chi connectivity index (χ1n) is 6.15. The average Bonchev–Trinajstić information content (AvgIpc) is 2.97. The van der Waals surface area contributed by atoms with E-state index in [-0.39, 0.29) is 5.57 Å². The van der Waals surface area contributed by atoms with Gasteiger partial charge in [-0.2, -0.15) is 0 Å². The van der Waals surface area contributed by atoms with Gasteiger partial charge in [0.2, 0.25) is 0 Å². The van der Waals surface area contributed by atoms with E-state index in [1.165, 1.54) is 18.6 Å². The van der Waals surface area contributed by atoms with E-state index in [2.05, 4.69) is 5.32 Å². The van der Waals surface area contributed by atoms with Gasteiger partial charge in [-0.3, -0.25) is 14.9 Å². The van der Waals surface area contributed by atoms with Gasteiger partial charge in [0.15, 0.2) is 0 Å². The van der Waals surface area contributed by atoms with E-state index in [9.17, 15) is 14.4 Å². The third-order valence-electron chi connectivity index (χ3n) is 2.97. The van der Waals surface area contributed by atoms with Crippen molar-refractivity contribution in [2.75, 3.05) is 4.90 Å². The number of imide groups is 2. The summed E-state index contributed by atoms with van der Waals surface area (Å²) in [6.07, 6.45) is 4.21. The molecule has 0 saturated carbocycles. The Morgan fingerprint density at radius 3 is 2.48 bits per heavy atom. The minimum absolute atomic E-state index is 0.125. The number of furan rings is 1. The number of benzene rings is 1. The molecule has 21 heavy (non-hydrogen) atoms. The molecule has 6 heteroatoms. The fourth-order valence-electron chi connectivity index (χ4n) is 1.99. The van der Waals surface area contributed by atoms with Gasteiger partial charge in [-0.25, -0.2) is 9.69 Å². The van der Waals surface area contributed by atoms with E-state index in [1.54, 1.807) is 36.4 Å². The maximum absolute atomic E-state index is 12.4. The Balaban J connectivity index is 2.02. The van der Waals surface area contributed by atoms with Crippen molar-refractivity contribution < 1.29 is 18.8 Å². The number of barbiturate groups is 1. The van der Waals surface area contributed by atoms with Crippen molar-refractivity contribution >= 4 is 29.6 Å². The molecule has 1 aromatic heterocycles. The molecule has 0 bridgehead atoms. The van der Waals surface area contributed by atoms with Crippen molar-refractivity contribution in [2.24, 2.45) is 0 Å². The zero-order valence-electron chi connectivity index (χ0n) is 10.8. The number of carbonyl (C=O) groups excluding carboxylic acids is 3. The minimum atomic E-state index is -0.763. The van der Waals surface area contributed by atoms with Gasteiger partial charge in [0.05, 0.1) is 18.2 Å². The zero-order chi connectivity index (χ0) is 14.8. The van der Waals surface area contributed by atoms with Crippen molar-refractivity contribution in [1.82, 2.24) is 5.32 Å². The minimum Gasteiger partial charge on any atom is -0.472 e. The molecule has 0 aliphatic carbocycles. The fraction of sp³-hybridized carbons (Fsp3) is 0. The Bertz CT molecular complexity index is 732. The zero-order valence-corrected chi connectivity index (χ0v) is 10.8. The van der Waals surface area contributed by atoms with Crippen LogP contribution in [0.4, 0.5) is 10.5 Å². The molecule has 1 saturated heterocycles. The van der Waals surface area contributed by atoms with Gasteiger partial charge in [-0.1, -0.05) is 18.2 Å². The molecule has 2 aromatic rings.